The molecule has 0 aromatic heterocycles. The van der Waals surface area contributed by atoms with E-state index in [9.17, 15) is 19.3 Å². The second-order valence-corrected chi connectivity index (χ2v) is 5.13. The van der Waals surface area contributed by atoms with Crippen LogP contribution in [0, 0.1) is 22.9 Å². The highest BCUT2D eigenvalue weighted by atomic mass is 79.9. The third-order valence-corrected chi connectivity index (χ3v) is 3.60. The highest BCUT2D eigenvalue weighted by molar-refractivity contribution is 9.10. The van der Waals surface area contributed by atoms with Gasteiger partial charge >= 0.3 is 0 Å². The van der Waals surface area contributed by atoms with Crippen molar-refractivity contribution in [1.82, 2.24) is 0 Å². The lowest BCUT2D eigenvalue weighted by atomic mass is 10.1. The molecule has 0 spiro atoms. The molecule has 2 aromatic carbocycles. The largest absolute Gasteiger partial charge is 0.316 e. The predicted octanol–water partition coefficient (Wildman–Crippen LogP) is 4.06. The topological polar surface area (TPSA) is 72.2 Å². The Morgan fingerprint density at radius 2 is 2.05 bits per heavy atom. The Bertz CT molecular complexity index is 734. The van der Waals surface area contributed by atoms with Crippen LogP contribution >= 0.6 is 15.9 Å². The minimum Gasteiger partial charge on any atom is -0.316 e. The first-order valence-electron chi connectivity index (χ1n) is 5.90. The second-order valence-electron chi connectivity index (χ2n) is 4.33. The van der Waals surface area contributed by atoms with Gasteiger partial charge in [-0.3, -0.25) is 14.9 Å². The smallest absolute Gasteiger partial charge is 0.293 e. The van der Waals surface area contributed by atoms with E-state index in [-0.39, 0.29) is 21.4 Å². The van der Waals surface area contributed by atoms with E-state index in [4.69, 9.17) is 0 Å². The standard InChI is InChI=1S/C14H10BrFN2O3/c1-8-5-6-11(12(7-8)18(20)21)17-14(19)9-3-2-4-10(16)13(9)15/h2-7H,1H3,(H,17,19). The van der Waals surface area contributed by atoms with E-state index in [1.54, 1.807) is 13.0 Å². The first-order chi connectivity index (χ1) is 9.90. The molecule has 0 heterocycles. The van der Waals surface area contributed by atoms with Crippen molar-refractivity contribution in [3.05, 3.63) is 67.9 Å². The van der Waals surface area contributed by atoms with Gasteiger partial charge in [0.05, 0.1) is 15.0 Å². The van der Waals surface area contributed by atoms with Crippen LogP contribution in [0.4, 0.5) is 15.8 Å². The molecule has 7 heteroatoms. The molecular formula is C14H10BrFN2O3. The summed E-state index contributed by atoms with van der Waals surface area (Å²) in [6.45, 7) is 1.71. The number of carbonyl (C=O) groups is 1. The van der Waals surface area contributed by atoms with Crippen LogP contribution in [0.15, 0.2) is 40.9 Å². The lowest BCUT2D eigenvalue weighted by molar-refractivity contribution is -0.384. The minimum atomic E-state index is -0.631. The van der Waals surface area contributed by atoms with E-state index in [0.717, 1.165) is 0 Å². The van der Waals surface area contributed by atoms with E-state index in [1.165, 1.54) is 30.3 Å². The molecule has 0 fully saturated rings. The zero-order valence-electron chi connectivity index (χ0n) is 10.9. The molecule has 2 aromatic rings. The van der Waals surface area contributed by atoms with E-state index in [1.807, 2.05) is 0 Å². The highest BCUT2D eigenvalue weighted by Gasteiger charge is 2.19. The number of hydrogen-bond acceptors (Lipinski definition) is 3. The molecule has 0 saturated heterocycles. The number of amides is 1. The zero-order chi connectivity index (χ0) is 15.6. The number of hydrogen-bond donors (Lipinski definition) is 1. The molecular weight excluding hydrogens is 343 g/mol. The summed E-state index contributed by atoms with van der Waals surface area (Å²) in [4.78, 5) is 22.5. The van der Waals surface area contributed by atoms with Gasteiger partial charge in [0, 0.05) is 6.07 Å². The fourth-order valence-electron chi connectivity index (χ4n) is 1.77. The number of benzene rings is 2. The van der Waals surface area contributed by atoms with Gasteiger partial charge in [0.2, 0.25) is 0 Å². The molecule has 0 bridgehead atoms. The SMILES string of the molecule is Cc1ccc(NC(=O)c2cccc(F)c2Br)c([N+](=O)[O-])c1. The van der Waals surface area contributed by atoms with Crippen LogP contribution in [0.5, 0.6) is 0 Å². The third kappa shape index (κ3) is 3.25. The predicted molar refractivity (Wildman–Crippen MR) is 79.9 cm³/mol. The van der Waals surface area contributed by atoms with Crippen molar-refractivity contribution < 1.29 is 14.1 Å². The van der Waals surface area contributed by atoms with Gasteiger partial charge in [-0.25, -0.2) is 4.39 Å². The Kier molecular flexibility index (Phi) is 4.32. The van der Waals surface area contributed by atoms with Gasteiger partial charge in [0.1, 0.15) is 11.5 Å². The van der Waals surface area contributed by atoms with Gasteiger partial charge < -0.3 is 5.32 Å². The molecule has 0 unspecified atom stereocenters. The van der Waals surface area contributed by atoms with Gasteiger partial charge in [-0.05, 0) is 46.6 Å². The fraction of sp³-hybridized carbons (Fsp3) is 0.0714. The normalized spacial score (nSPS) is 10.2. The van der Waals surface area contributed by atoms with Crippen molar-refractivity contribution in [2.24, 2.45) is 0 Å². The van der Waals surface area contributed by atoms with Crippen molar-refractivity contribution in [2.75, 3.05) is 5.32 Å². The maximum atomic E-state index is 13.4. The number of rotatable bonds is 3. The number of aryl methyl sites for hydroxylation is 1. The molecule has 0 aliphatic rings. The zero-order valence-corrected chi connectivity index (χ0v) is 12.5. The Morgan fingerprint density at radius 3 is 2.71 bits per heavy atom. The Hall–Kier alpha value is -2.28. The van der Waals surface area contributed by atoms with Crippen LogP contribution in [-0.2, 0) is 0 Å². The second kappa shape index (κ2) is 6.01. The first kappa shape index (κ1) is 15.1. The van der Waals surface area contributed by atoms with E-state index < -0.39 is 16.6 Å². The molecule has 0 radical (unpaired) electrons. The molecule has 5 nitrogen and oxygen atoms in total. The summed E-state index contributed by atoms with van der Waals surface area (Å²) in [5.74, 6) is -1.21. The molecule has 0 saturated carbocycles. The van der Waals surface area contributed by atoms with Crippen LogP contribution in [0.3, 0.4) is 0 Å². The van der Waals surface area contributed by atoms with Crippen LogP contribution in [0.2, 0.25) is 0 Å². The summed E-state index contributed by atoms with van der Waals surface area (Å²) >= 11 is 2.98. The Morgan fingerprint density at radius 1 is 1.33 bits per heavy atom. The Balaban J connectivity index is 2.36. The third-order valence-electron chi connectivity index (χ3n) is 2.79. The van der Waals surface area contributed by atoms with E-state index in [0.29, 0.717) is 5.56 Å². The summed E-state index contributed by atoms with van der Waals surface area (Å²) < 4.78 is 13.4. The molecule has 1 N–H and O–H groups in total. The molecule has 2 rings (SSSR count). The average molecular weight is 353 g/mol. The highest BCUT2D eigenvalue weighted by Crippen LogP contribution is 2.27. The molecule has 0 atom stereocenters. The number of nitro groups is 1. The summed E-state index contributed by atoms with van der Waals surface area (Å²) in [7, 11) is 0. The van der Waals surface area contributed by atoms with Crippen LogP contribution in [0.1, 0.15) is 15.9 Å². The maximum absolute atomic E-state index is 13.4. The van der Waals surface area contributed by atoms with Crippen LogP contribution in [-0.4, -0.2) is 10.8 Å². The first-order valence-corrected chi connectivity index (χ1v) is 6.70. The summed E-state index contributed by atoms with van der Waals surface area (Å²) in [6, 6.07) is 8.45. The molecule has 1 amide bonds. The van der Waals surface area contributed by atoms with Crippen molar-refractivity contribution >= 4 is 33.2 Å². The van der Waals surface area contributed by atoms with Gasteiger partial charge in [-0.1, -0.05) is 12.1 Å². The van der Waals surface area contributed by atoms with Gasteiger partial charge in [-0.2, -0.15) is 0 Å². The summed E-state index contributed by atoms with van der Waals surface area (Å²) in [5.41, 5.74) is 0.610. The minimum absolute atomic E-state index is 0.0114. The summed E-state index contributed by atoms with van der Waals surface area (Å²) in [6.07, 6.45) is 0. The lowest BCUT2D eigenvalue weighted by Gasteiger charge is -2.08. The van der Waals surface area contributed by atoms with Gasteiger partial charge in [0.25, 0.3) is 11.6 Å². The molecule has 0 aliphatic heterocycles. The quantitative estimate of drug-likeness (QED) is 0.668. The van der Waals surface area contributed by atoms with Crippen LogP contribution < -0.4 is 5.32 Å². The van der Waals surface area contributed by atoms with Crippen molar-refractivity contribution in [3.63, 3.8) is 0 Å². The molecule has 0 aliphatic carbocycles. The lowest BCUT2D eigenvalue weighted by Crippen LogP contribution is -2.14. The van der Waals surface area contributed by atoms with E-state index >= 15 is 0 Å². The Labute approximate surface area is 128 Å². The van der Waals surface area contributed by atoms with Gasteiger partial charge in [0.15, 0.2) is 0 Å². The maximum Gasteiger partial charge on any atom is 0.293 e. The average Bonchev–Trinajstić information content (AvgIpc) is 2.43. The summed E-state index contributed by atoms with van der Waals surface area (Å²) in [5, 5.41) is 13.4. The monoisotopic (exact) mass is 352 g/mol. The van der Waals surface area contributed by atoms with Crippen molar-refractivity contribution in [3.8, 4) is 0 Å². The fourth-order valence-corrected chi connectivity index (χ4v) is 2.21. The number of carbonyl (C=O) groups excluding carboxylic acids is 1. The van der Waals surface area contributed by atoms with Gasteiger partial charge in [-0.15, -0.1) is 0 Å². The number of nitrogens with one attached hydrogen (secondary N) is 1. The number of anilines is 1. The number of nitrogens with zero attached hydrogens (tertiary/aromatic N) is 1. The van der Waals surface area contributed by atoms with E-state index in [2.05, 4.69) is 21.2 Å². The number of nitro benzene ring substituents is 1. The molecule has 21 heavy (non-hydrogen) atoms. The van der Waals surface area contributed by atoms with Crippen molar-refractivity contribution in [2.45, 2.75) is 6.92 Å². The molecule has 108 valence electrons. The van der Waals surface area contributed by atoms with Crippen molar-refractivity contribution in [1.29, 1.82) is 0 Å². The number of halogens is 2. The van der Waals surface area contributed by atoms with Crippen LogP contribution in [0.25, 0.3) is 0 Å².